The fourth-order valence-electron chi connectivity index (χ4n) is 2.78. The van der Waals surface area contributed by atoms with Crippen molar-refractivity contribution in [2.24, 2.45) is 5.92 Å². The lowest BCUT2D eigenvalue weighted by atomic mass is 9.98. The Balaban J connectivity index is 2.13. The SMILES string of the molecule is CCC1CCCN(c2cc(N)ccc2C)CC1. The number of nitrogens with zero attached hydrogens (tertiary/aromatic N) is 1. The van der Waals surface area contributed by atoms with E-state index in [1.165, 1.54) is 50.0 Å². The van der Waals surface area contributed by atoms with Crippen LogP contribution >= 0.6 is 0 Å². The van der Waals surface area contributed by atoms with E-state index in [0.717, 1.165) is 11.6 Å². The highest BCUT2D eigenvalue weighted by Crippen LogP contribution is 2.28. The lowest BCUT2D eigenvalue weighted by Crippen LogP contribution is -2.25. The maximum absolute atomic E-state index is 5.90. The second-order valence-electron chi connectivity index (χ2n) is 5.24. The predicted octanol–water partition coefficient (Wildman–Crippen LogP) is 3.59. The number of aryl methyl sites for hydroxylation is 1. The molecule has 2 N–H and O–H groups in total. The number of nitrogens with two attached hydrogens (primary N) is 1. The van der Waals surface area contributed by atoms with Gasteiger partial charge in [-0.05, 0) is 49.8 Å². The lowest BCUT2D eigenvalue weighted by Gasteiger charge is -2.25. The molecule has 17 heavy (non-hydrogen) atoms. The first-order chi connectivity index (χ1) is 8.20. The number of benzene rings is 1. The fourth-order valence-corrected chi connectivity index (χ4v) is 2.78. The maximum atomic E-state index is 5.90. The third-order valence-corrected chi connectivity index (χ3v) is 4.00. The van der Waals surface area contributed by atoms with Gasteiger partial charge in [-0.3, -0.25) is 0 Å². The van der Waals surface area contributed by atoms with Crippen LogP contribution in [0.25, 0.3) is 0 Å². The van der Waals surface area contributed by atoms with Gasteiger partial charge in [0.15, 0.2) is 0 Å². The van der Waals surface area contributed by atoms with E-state index in [1.54, 1.807) is 0 Å². The molecule has 1 aliphatic rings. The van der Waals surface area contributed by atoms with Crippen molar-refractivity contribution in [3.8, 4) is 0 Å². The smallest absolute Gasteiger partial charge is 0.0416 e. The predicted molar refractivity (Wildman–Crippen MR) is 75.4 cm³/mol. The van der Waals surface area contributed by atoms with E-state index in [9.17, 15) is 0 Å². The van der Waals surface area contributed by atoms with E-state index in [4.69, 9.17) is 5.73 Å². The van der Waals surface area contributed by atoms with Crippen LogP contribution in [-0.2, 0) is 0 Å². The minimum atomic E-state index is 0.877. The molecule has 94 valence electrons. The van der Waals surface area contributed by atoms with Gasteiger partial charge in [-0.1, -0.05) is 19.4 Å². The molecule has 1 aliphatic heterocycles. The zero-order valence-electron chi connectivity index (χ0n) is 11.1. The van der Waals surface area contributed by atoms with Gasteiger partial charge in [-0.15, -0.1) is 0 Å². The number of nitrogen functional groups attached to an aromatic ring is 1. The summed E-state index contributed by atoms with van der Waals surface area (Å²) in [5.41, 5.74) is 9.45. The Morgan fingerprint density at radius 2 is 2.12 bits per heavy atom. The molecule has 1 aromatic rings. The van der Waals surface area contributed by atoms with Crippen LogP contribution in [0.4, 0.5) is 11.4 Å². The van der Waals surface area contributed by atoms with Crippen molar-refractivity contribution in [1.29, 1.82) is 0 Å². The van der Waals surface area contributed by atoms with Gasteiger partial charge >= 0.3 is 0 Å². The van der Waals surface area contributed by atoms with Crippen molar-refractivity contribution in [2.45, 2.75) is 39.5 Å². The summed E-state index contributed by atoms with van der Waals surface area (Å²) in [6.07, 6.45) is 5.34. The first-order valence-electron chi connectivity index (χ1n) is 6.81. The molecular weight excluding hydrogens is 208 g/mol. The van der Waals surface area contributed by atoms with Crippen LogP contribution in [0.5, 0.6) is 0 Å². The van der Waals surface area contributed by atoms with Gasteiger partial charge in [0.2, 0.25) is 0 Å². The summed E-state index contributed by atoms with van der Waals surface area (Å²) in [4.78, 5) is 2.52. The first kappa shape index (κ1) is 12.3. The minimum absolute atomic E-state index is 0.877. The number of rotatable bonds is 2. The van der Waals surface area contributed by atoms with Crippen molar-refractivity contribution >= 4 is 11.4 Å². The Morgan fingerprint density at radius 3 is 2.88 bits per heavy atom. The topological polar surface area (TPSA) is 29.3 Å². The number of hydrogen-bond acceptors (Lipinski definition) is 2. The van der Waals surface area contributed by atoms with E-state index in [1.807, 2.05) is 6.07 Å². The molecule has 1 fully saturated rings. The van der Waals surface area contributed by atoms with Crippen LogP contribution in [0.3, 0.4) is 0 Å². The van der Waals surface area contributed by atoms with E-state index in [-0.39, 0.29) is 0 Å². The number of anilines is 2. The van der Waals surface area contributed by atoms with Crippen LogP contribution < -0.4 is 10.6 Å². The quantitative estimate of drug-likeness (QED) is 0.789. The summed E-state index contributed by atoms with van der Waals surface area (Å²) in [6.45, 7) is 6.85. The van der Waals surface area contributed by atoms with Crippen LogP contribution in [-0.4, -0.2) is 13.1 Å². The second kappa shape index (κ2) is 5.44. The molecule has 0 aliphatic carbocycles. The van der Waals surface area contributed by atoms with Crippen LogP contribution in [0, 0.1) is 12.8 Å². The van der Waals surface area contributed by atoms with Gasteiger partial charge in [0.05, 0.1) is 0 Å². The second-order valence-corrected chi connectivity index (χ2v) is 5.24. The van der Waals surface area contributed by atoms with Gasteiger partial charge in [0, 0.05) is 24.5 Å². The minimum Gasteiger partial charge on any atom is -0.399 e. The molecule has 0 amide bonds. The zero-order chi connectivity index (χ0) is 12.3. The van der Waals surface area contributed by atoms with Gasteiger partial charge < -0.3 is 10.6 Å². The largest absolute Gasteiger partial charge is 0.399 e. The zero-order valence-corrected chi connectivity index (χ0v) is 11.1. The molecule has 2 rings (SSSR count). The maximum Gasteiger partial charge on any atom is 0.0416 e. The van der Waals surface area contributed by atoms with E-state index in [2.05, 4.69) is 30.9 Å². The van der Waals surface area contributed by atoms with Crippen molar-refractivity contribution in [2.75, 3.05) is 23.7 Å². The molecular formula is C15H24N2. The van der Waals surface area contributed by atoms with Crippen molar-refractivity contribution in [3.63, 3.8) is 0 Å². The molecule has 0 radical (unpaired) electrons. The van der Waals surface area contributed by atoms with E-state index in [0.29, 0.717) is 0 Å². The Hall–Kier alpha value is -1.18. The van der Waals surface area contributed by atoms with Gasteiger partial charge in [-0.2, -0.15) is 0 Å². The Labute approximate surface area is 105 Å². The van der Waals surface area contributed by atoms with Crippen LogP contribution in [0.15, 0.2) is 18.2 Å². The molecule has 2 heteroatoms. The molecule has 1 unspecified atom stereocenters. The van der Waals surface area contributed by atoms with Gasteiger partial charge in [-0.25, -0.2) is 0 Å². The highest BCUT2D eigenvalue weighted by atomic mass is 15.1. The molecule has 2 nitrogen and oxygen atoms in total. The fraction of sp³-hybridized carbons (Fsp3) is 0.600. The van der Waals surface area contributed by atoms with E-state index >= 15 is 0 Å². The summed E-state index contributed by atoms with van der Waals surface area (Å²) < 4.78 is 0. The van der Waals surface area contributed by atoms with Gasteiger partial charge in [0.1, 0.15) is 0 Å². The third kappa shape index (κ3) is 2.93. The van der Waals surface area contributed by atoms with Crippen LogP contribution in [0.2, 0.25) is 0 Å². The number of hydrogen-bond donors (Lipinski definition) is 1. The third-order valence-electron chi connectivity index (χ3n) is 4.00. The van der Waals surface area contributed by atoms with Gasteiger partial charge in [0.25, 0.3) is 0 Å². The normalized spacial score (nSPS) is 21.3. The summed E-state index contributed by atoms with van der Waals surface area (Å²) >= 11 is 0. The summed E-state index contributed by atoms with van der Waals surface area (Å²) in [7, 11) is 0. The Bertz CT molecular complexity index is 373. The molecule has 0 bridgehead atoms. The van der Waals surface area contributed by atoms with Crippen LogP contribution in [0.1, 0.15) is 38.2 Å². The lowest BCUT2D eigenvalue weighted by molar-refractivity contribution is 0.459. The van der Waals surface area contributed by atoms with Crippen molar-refractivity contribution in [3.05, 3.63) is 23.8 Å². The highest BCUT2D eigenvalue weighted by molar-refractivity contribution is 5.60. The molecule has 1 heterocycles. The molecule has 1 saturated heterocycles. The van der Waals surface area contributed by atoms with Crippen molar-refractivity contribution in [1.82, 2.24) is 0 Å². The first-order valence-corrected chi connectivity index (χ1v) is 6.81. The highest BCUT2D eigenvalue weighted by Gasteiger charge is 2.17. The average molecular weight is 232 g/mol. The molecule has 0 saturated carbocycles. The molecule has 0 spiro atoms. The molecule has 1 aromatic carbocycles. The molecule has 0 aromatic heterocycles. The summed E-state index contributed by atoms with van der Waals surface area (Å²) in [5.74, 6) is 0.918. The average Bonchev–Trinajstić information content (AvgIpc) is 2.57. The molecule has 1 atom stereocenters. The Morgan fingerprint density at radius 1 is 1.29 bits per heavy atom. The standard InChI is InChI=1S/C15H24N2/c1-3-13-5-4-9-17(10-8-13)15-11-14(16)7-6-12(15)2/h6-7,11,13H,3-5,8-10,16H2,1-2H3. The Kier molecular flexibility index (Phi) is 3.93. The summed E-state index contributed by atoms with van der Waals surface area (Å²) in [5, 5.41) is 0. The summed E-state index contributed by atoms with van der Waals surface area (Å²) in [6, 6.07) is 6.25. The monoisotopic (exact) mass is 232 g/mol. The van der Waals surface area contributed by atoms with E-state index < -0.39 is 0 Å². The van der Waals surface area contributed by atoms with Crippen molar-refractivity contribution < 1.29 is 0 Å².